The molecule has 6 rings (SSSR count). The van der Waals surface area contributed by atoms with Crippen LogP contribution in [0.5, 0.6) is 5.75 Å². The van der Waals surface area contributed by atoms with Crippen LogP contribution >= 0.6 is 36.2 Å². The molecule has 0 radical (unpaired) electrons. The van der Waals surface area contributed by atoms with E-state index in [1.54, 1.807) is 24.8 Å². The average Bonchev–Trinajstić information content (AvgIpc) is 3.31. The molecule has 2 aliphatic heterocycles. The van der Waals surface area contributed by atoms with E-state index in [4.69, 9.17) is 4.74 Å². The molecule has 0 bridgehead atoms. The first-order valence-corrected chi connectivity index (χ1v) is 13.7. The molecule has 4 aromatic rings. The minimum absolute atomic E-state index is 0. The smallest absolute Gasteiger partial charge is 0.262 e. The Bertz CT molecular complexity index is 1470. The van der Waals surface area contributed by atoms with Gasteiger partial charge in [-0.3, -0.25) is 19.2 Å². The van der Waals surface area contributed by atoms with E-state index in [0.717, 1.165) is 74.7 Å². The summed E-state index contributed by atoms with van der Waals surface area (Å²) in [6, 6.07) is 12.7. The molecule has 4 heterocycles. The van der Waals surface area contributed by atoms with Crippen LogP contribution < -0.4 is 15.2 Å². The van der Waals surface area contributed by atoms with Gasteiger partial charge in [0.15, 0.2) is 0 Å². The summed E-state index contributed by atoms with van der Waals surface area (Å²) in [5.41, 5.74) is 2.52. The number of likely N-dealkylation sites (N-methyl/N-ethyl adjacent to an activating group) is 1. The normalized spacial score (nSPS) is 16.2. The maximum absolute atomic E-state index is 13.4. The van der Waals surface area contributed by atoms with Crippen LogP contribution in [0.25, 0.3) is 21.0 Å². The topological polar surface area (TPSA) is 53.8 Å². The average molecular weight is 577 g/mol. The van der Waals surface area contributed by atoms with Gasteiger partial charge in [-0.05, 0) is 30.0 Å². The number of piperazine rings is 1. The quantitative estimate of drug-likeness (QED) is 0.333. The van der Waals surface area contributed by atoms with Crippen LogP contribution in [0.1, 0.15) is 17.4 Å². The lowest BCUT2D eigenvalue weighted by atomic mass is 10.1. The second-order valence-electron chi connectivity index (χ2n) is 9.71. The van der Waals surface area contributed by atoms with Crippen LogP contribution in [0.3, 0.4) is 0 Å². The van der Waals surface area contributed by atoms with Crippen molar-refractivity contribution in [1.82, 2.24) is 19.4 Å². The van der Waals surface area contributed by atoms with Gasteiger partial charge in [0.1, 0.15) is 10.6 Å². The molecular formula is C28H35Cl2N5O2S. The SMILES string of the molecule is CCN1CCc2sc3ncn(CCN4CCN(c5c(OC)ccc6ccccc56)CC4)c(=O)c3c2C1.Cl.Cl. The number of fused-ring (bicyclic) bond motifs is 4. The number of thiophene rings is 1. The molecular weight excluding hydrogens is 541 g/mol. The van der Waals surface area contributed by atoms with Crippen molar-refractivity contribution in [3.8, 4) is 5.75 Å². The number of benzene rings is 2. The molecule has 38 heavy (non-hydrogen) atoms. The molecule has 0 saturated carbocycles. The zero-order valence-electron chi connectivity index (χ0n) is 21.9. The summed E-state index contributed by atoms with van der Waals surface area (Å²) in [6.07, 6.45) is 2.77. The first-order valence-electron chi connectivity index (χ1n) is 12.9. The van der Waals surface area contributed by atoms with E-state index >= 15 is 0 Å². The van der Waals surface area contributed by atoms with Gasteiger partial charge in [0, 0.05) is 62.6 Å². The molecule has 2 aromatic heterocycles. The lowest BCUT2D eigenvalue weighted by molar-refractivity contribution is 0.246. The number of halogens is 2. The number of methoxy groups -OCH3 is 1. The summed E-state index contributed by atoms with van der Waals surface area (Å²) in [5, 5.41) is 3.32. The molecule has 0 unspecified atom stereocenters. The van der Waals surface area contributed by atoms with Crippen LogP contribution in [0.15, 0.2) is 47.5 Å². The van der Waals surface area contributed by atoms with Crippen LogP contribution in [0, 0.1) is 0 Å². The van der Waals surface area contributed by atoms with Gasteiger partial charge in [-0.2, -0.15) is 0 Å². The van der Waals surface area contributed by atoms with E-state index < -0.39 is 0 Å². The van der Waals surface area contributed by atoms with Crippen molar-refractivity contribution in [2.45, 2.75) is 26.4 Å². The largest absolute Gasteiger partial charge is 0.495 e. The summed E-state index contributed by atoms with van der Waals surface area (Å²) in [5.74, 6) is 0.925. The van der Waals surface area contributed by atoms with Gasteiger partial charge in [0.2, 0.25) is 0 Å². The minimum atomic E-state index is 0. The number of rotatable bonds is 6. The highest BCUT2D eigenvalue weighted by molar-refractivity contribution is 7.18. The molecule has 0 N–H and O–H groups in total. The van der Waals surface area contributed by atoms with Crippen molar-refractivity contribution in [3.05, 3.63) is 63.5 Å². The van der Waals surface area contributed by atoms with Crippen molar-refractivity contribution in [3.63, 3.8) is 0 Å². The van der Waals surface area contributed by atoms with Crippen molar-refractivity contribution >= 4 is 62.8 Å². The van der Waals surface area contributed by atoms with Gasteiger partial charge >= 0.3 is 0 Å². The minimum Gasteiger partial charge on any atom is -0.495 e. The Morgan fingerprint density at radius 1 is 0.974 bits per heavy atom. The van der Waals surface area contributed by atoms with Gasteiger partial charge in [0.25, 0.3) is 5.56 Å². The molecule has 1 fully saturated rings. The van der Waals surface area contributed by atoms with Crippen molar-refractivity contribution in [1.29, 1.82) is 0 Å². The lowest BCUT2D eigenvalue weighted by Gasteiger charge is -2.37. The van der Waals surface area contributed by atoms with Crippen LogP contribution in [0.2, 0.25) is 0 Å². The maximum atomic E-state index is 13.4. The first-order chi connectivity index (χ1) is 17.7. The number of aromatic nitrogens is 2. The molecule has 1 saturated heterocycles. The predicted octanol–water partition coefficient (Wildman–Crippen LogP) is 4.66. The Morgan fingerprint density at radius 2 is 1.76 bits per heavy atom. The highest BCUT2D eigenvalue weighted by Gasteiger charge is 2.24. The standard InChI is InChI=1S/C28H33N5O2S.2ClH/c1-3-30-11-10-24-22(18-30)25-27(36-24)29-19-33(28(25)34)17-14-31-12-15-32(16-13-31)26-21-7-5-4-6-20(21)8-9-23(26)35-2;;/h4-9,19H,3,10-18H2,1-2H3;2*1H. The molecule has 7 nitrogen and oxygen atoms in total. The number of ether oxygens (including phenoxy) is 1. The number of anilines is 1. The maximum Gasteiger partial charge on any atom is 0.262 e. The lowest BCUT2D eigenvalue weighted by Crippen LogP contribution is -2.47. The highest BCUT2D eigenvalue weighted by atomic mass is 35.5. The summed E-state index contributed by atoms with van der Waals surface area (Å²) in [6.45, 7) is 10.4. The monoisotopic (exact) mass is 575 g/mol. The fraction of sp³-hybridized carbons (Fsp3) is 0.429. The summed E-state index contributed by atoms with van der Waals surface area (Å²) >= 11 is 1.71. The molecule has 204 valence electrons. The number of hydrogen-bond donors (Lipinski definition) is 0. The Morgan fingerprint density at radius 3 is 2.53 bits per heavy atom. The van der Waals surface area contributed by atoms with Gasteiger partial charge in [-0.25, -0.2) is 4.98 Å². The van der Waals surface area contributed by atoms with Crippen LogP contribution in [-0.4, -0.2) is 72.3 Å². The van der Waals surface area contributed by atoms with E-state index in [0.29, 0.717) is 6.54 Å². The van der Waals surface area contributed by atoms with Gasteiger partial charge in [-0.15, -0.1) is 36.2 Å². The Hall–Kier alpha value is -2.36. The summed E-state index contributed by atoms with van der Waals surface area (Å²) in [7, 11) is 1.75. The Kier molecular flexibility index (Phi) is 9.21. The molecule has 0 atom stereocenters. The third-order valence-corrected chi connectivity index (χ3v) is 8.97. The molecule has 0 spiro atoms. The van der Waals surface area contributed by atoms with Gasteiger partial charge in [-0.1, -0.05) is 37.3 Å². The molecule has 2 aliphatic rings. The second-order valence-corrected chi connectivity index (χ2v) is 10.8. The zero-order chi connectivity index (χ0) is 24.6. The predicted molar refractivity (Wildman–Crippen MR) is 162 cm³/mol. The number of nitrogens with zero attached hydrogens (tertiary/aromatic N) is 5. The van der Waals surface area contributed by atoms with Crippen LogP contribution in [0.4, 0.5) is 5.69 Å². The van der Waals surface area contributed by atoms with E-state index in [2.05, 4.69) is 63.0 Å². The number of hydrogen-bond acceptors (Lipinski definition) is 7. The van der Waals surface area contributed by atoms with Crippen molar-refractivity contribution in [2.75, 3.05) is 57.8 Å². The zero-order valence-corrected chi connectivity index (χ0v) is 24.3. The highest BCUT2D eigenvalue weighted by Crippen LogP contribution is 2.37. The van der Waals surface area contributed by atoms with Crippen LogP contribution in [-0.2, 0) is 19.5 Å². The van der Waals surface area contributed by atoms with Crippen molar-refractivity contribution < 1.29 is 4.74 Å². The second kappa shape index (κ2) is 12.2. The molecule has 2 aromatic carbocycles. The molecule has 0 amide bonds. The Labute approximate surface area is 239 Å². The first kappa shape index (κ1) is 28.6. The summed E-state index contributed by atoms with van der Waals surface area (Å²) < 4.78 is 7.55. The van der Waals surface area contributed by atoms with E-state index in [-0.39, 0.29) is 30.4 Å². The third-order valence-electron chi connectivity index (χ3n) is 7.77. The Balaban J connectivity index is 0.00000168. The molecule has 10 heteroatoms. The molecule has 0 aliphatic carbocycles. The van der Waals surface area contributed by atoms with E-state index in [1.807, 2.05) is 4.57 Å². The van der Waals surface area contributed by atoms with E-state index in [1.165, 1.54) is 26.9 Å². The van der Waals surface area contributed by atoms with Gasteiger partial charge < -0.3 is 9.64 Å². The third kappa shape index (κ3) is 5.25. The summed E-state index contributed by atoms with van der Waals surface area (Å²) in [4.78, 5) is 27.7. The van der Waals surface area contributed by atoms with E-state index in [9.17, 15) is 4.79 Å². The van der Waals surface area contributed by atoms with Gasteiger partial charge in [0.05, 0.1) is 24.5 Å². The fourth-order valence-corrected chi connectivity index (χ4v) is 6.79. The fourth-order valence-electron chi connectivity index (χ4n) is 5.66. The van der Waals surface area contributed by atoms with Crippen molar-refractivity contribution in [2.24, 2.45) is 0 Å².